The number of aryl methyl sites for hydroxylation is 3. The highest BCUT2D eigenvalue weighted by molar-refractivity contribution is 7.15. The van der Waals surface area contributed by atoms with Gasteiger partial charge < -0.3 is 20.1 Å². The summed E-state index contributed by atoms with van der Waals surface area (Å²) in [6.07, 6.45) is 2.26. The molecule has 2 aliphatic heterocycles. The van der Waals surface area contributed by atoms with Crippen molar-refractivity contribution in [2.45, 2.75) is 91.6 Å². The van der Waals surface area contributed by atoms with Crippen LogP contribution in [-0.4, -0.2) is 99.8 Å². The van der Waals surface area contributed by atoms with E-state index in [1.165, 1.54) is 27.9 Å². The molecule has 0 radical (unpaired) electrons. The number of likely N-dealkylation sites (tertiary alicyclic amines) is 1. The third-order valence-electron chi connectivity index (χ3n) is 13.3. The molecule has 4 aromatic heterocycles. The third-order valence-corrected chi connectivity index (χ3v) is 15.7. The maximum absolute atomic E-state index is 15.2. The molecule has 7 aromatic rings. The van der Waals surface area contributed by atoms with Crippen LogP contribution in [0.5, 0.6) is 5.75 Å². The first kappa shape index (κ1) is 50.3. The van der Waals surface area contributed by atoms with E-state index in [4.69, 9.17) is 27.2 Å². The van der Waals surface area contributed by atoms with E-state index in [1.807, 2.05) is 87.7 Å². The number of aliphatic hydroxyl groups is 1. The minimum absolute atomic E-state index is 0.0137. The second-order valence-electron chi connectivity index (χ2n) is 18.6. The number of benzene rings is 3. The predicted molar refractivity (Wildman–Crippen MR) is 276 cm³/mol. The van der Waals surface area contributed by atoms with Gasteiger partial charge in [-0.1, -0.05) is 61.8 Å². The number of nitrogens with zero attached hydrogens (tertiary/aromatic N) is 9. The summed E-state index contributed by atoms with van der Waals surface area (Å²) < 4.78 is 24.7. The average Bonchev–Trinajstić information content (AvgIpc) is 4.20. The van der Waals surface area contributed by atoms with E-state index in [0.29, 0.717) is 27.8 Å². The fourth-order valence-corrected chi connectivity index (χ4v) is 11.5. The van der Waals surface area contributed by atoms with Crippen LogP contribution in [0.25, 0.3) is 26.6 Å². The number of hydrogen-bond acceptors (Lipinski definition) is 13. The van der Waals surface area contributed by atoms with E-state index < -0.39 is 47.9 Å². The van der Waals surface area contributed by atoms with E-state index in [0.717, 1.165) is 59.0 Å². The van der Waals surface area contributed by atoms with Gasteiger partial charge in [-0.15, -0.1) is 32.9 Å². The van der Waals surface area contributed by atoms with E-state index in [2.05, 4.69) is 39.4 Å². The molecule has 0 aliphatic carbocycles. The molecule has 0 saturated carbocycles. The van der Waals surface area contributed by atoms with E-state index in [9.17, 15) is 19.5 Å². The lowest BCUT2D eigenvalue weighted by Crippen LogP contribution is -2.52. The number of hydrogen-bond donors (Lipinski definition) is 3. The zero-order valence-corrected chi connectivity index (χ0v) is 43.2. The first-order valence-corrected chi connectivity index (χ1v) is 25.7. The van der Waals surface area contributed by atoms with Gasteiger partial charge in [-0.3, -0.25) is 33.6 Å². The molecule has 4 N–H and O–H groups in total. The van der Waals surface area contributed by atoms with Crippen molar-refractivity contribution in [3.8, 4) is 32.3 Å². The number of nitrogens with two attached hydrogens (primary N) is 1. The Kier molecular flexibility index (Phi) is 14.6. The SMILES string of the molecule is Cc1ncsc1-c1ccc([C@H](C)N(N)C(=O)[C@@H]2C[C@@H](O)CN2C(=O)[C@H](C(C)C)n2cc(-c3cc(F)cc(OCCNC(=O)C[C@@H]4N=C(c5ccc(Cl)cc5)c5c(sc(C)c5C)-n5c(C)nnc54)c3)cn2)cc1. The topological polar surface area (TPSA) is 199 Å². The quantitative estimate of drug-likeness (QED) is 0.0388. The summed E-state index contributed by atoms with van der Waals surface area (Å²) in [4.78, 5) is 55.2. The summed E-state index contributed by atoms with van der Waals surface area (Å²) in [5.41, 5.74) is 9.18. The van der Waals surface area contributed by atoms with Gasteiger partial charge in [-0.25, -0.2) is 15.2 Å². The van der Waals surface area contributed by atoms with E-state index in [-0.39, 0.29) is 50.1 Å². The fraction of sp³-hybridized carbons (Fsp3) is 0.346. The number of carbonyl (C=O) groups is 3. The van der Waals surface area contributed by atoms with Crippen LogP contribution in [0.3, 0.4) is 0 Å². The molecule has 2 aliphatic rings. The summed E-state index contributed by atoms with van der Waals surface area (Å²) in [7, 11) is 0. The molecule has 3 aromatic carbocycles. The lowest BCUT2D eigenvalue weighted by atomic mass is 9.99. The molecule has 1 fully saturated rings. The minimum Gasteiger partial charge on any atom is -0.492 e. The Morgan fingerprint density at radius 3 is 2.43 bits per heavy atom. The van der Waals surface area contributed by atoms with Crippen molar-refractivity contribution in [2.75, 3.05) is 19.7 Å². The van der Waals surface area contributed by atoms with Gasteiger partial charge in [0.25, 0.3) is 5.91 Å². The van der Waals surface area contributed by atoms with Gasteiger partial charge in [0.2, 0.25) is 11.8 Å². The van der Waals surface area contributed by atoms with Gasteiger partial charge in [-0.05, 0) is 87.1 Å². The molecule has 0 bridgehead atoms. The molecule has 374 valence electrons. The Hall–Kier alpha value is -6.64. The number of thiazole rings is 1. The largest absolute Gasteiger partial charge is 0.492 e. The number of aliphatic hydroxyl groups excluding tert-OH is 1. The standard InChI is InChI=1S/C52H55ClFN11O5S2/c1-27(2)47(51(69)62-25-40(66)21-43(62)50(68)65(55)30(5)33-8-10-35(11-9-33)48-29(4)57-26-71-48)63-24-37(23-58-63)36-18-39(54)20-41(19-36)70-17-16-56-44(67)22-42-49-61-60-32(7)64(49)52-45(28(3)31(6)72-52)46(59-42)34-12-14-38(53)15-13-34/h8-15,18-20,23-24,26-27,30,40,42-43,47,66H,16-17,21-22,25,55H2,1-7H3,(H,56,67)/t30-,40+,42-,43-,47-/m0/s1. The first-order chi connectivity index (χ1) is 34.5. The van der Waals surface area contributed by atoms with Crippen molar-refractivity contribution in [3.63, 3.8) is 0 Å². The highest BCUT2D eigenvalue weighted by Crippen LogP contribution is 2.40. The number of fused-ring (bicyclic) bond motifs is 3. The van der Waals surface area contributed by atoms with E-state index in [1.54, 1.807) is 40.4 Å². The summed E-state index contributed by atoms with van der Waals surface area (Å²) in [6, 6.07) is 16.5. The van der Waals surface area contributed by atoms with E-state index >= 15 is 4.39 Å². The predicted octanol–water partition coefficient (Wildman–Crippen LogP) is 8.44. The van der Waals surface area contributed by atoms with Gasteiger partial charge in [0, 0.05) is 51.8 Å². The summed E-state index contributed by atoms with van der Waals surface area (Å²) in [6.45, 7) is 13.6. The van der Waals surface area contributed by atoms with Gasteiger partial charge in [0.15, 0.2) is 5.82 Å². The van der Waals surface area contributed by atoms with Crippen molar-refractivity contribution >= 4 is 57.7 Å². The van der Waals surface area contributed by atoms with Crippen LogP contribution in [0.1, 0.15) is 96.2 Å². The van der Waals surface area contributed by atoms with Crippen LogP contribution in [0.2, 0.25) is 5.02 Å². The molecule has 20 heteroatoms. The number of hydrazine groups is 1. The van der Waals surface area contributed by atoms with Crippen molar-refractivity contribution in [3.05, 3.63) is 140 Å². The van der Waals surface area contributed by atoms with Gasteiger partial charge in [0.05, 0.1) is 53.1 Å². The molecule has 6 heterocycles. The fourth-order valence-electron chi connectivity index (χ4n) is 9.37. The van der Waals surface area contributed by atoms with Gasteiger partial charge >= 0.3 is 0 Å². The highest BCUT2D eigenvalue weighted by Gasteiger charge is 2.44. The van der Waals surface area contributed by atoms with Crippen LogP contribution >= 0.6 is 34.3 Å². The number of aromatic nitrogens is 6. The third kappa shape index (κ3) is 10.1. The Morgan fingerprint density at radius 2 is 1.72 bits per heavy atom. The zero-order chi connectivity index (χ0) is 51.1. The second kappa shape index (κ2) is 20.8. The number of rotatable bonds is 15. The number of carbonyl (C=O) groups excluding carboxylic acids is 3. The molecule has 1 saturated heterocycles. The van der Waals surface area contributed by atoms with Crippen LogP contribution in [-0.2, 0) is 14.4 Å². The summed E-state index contributed by atoms with van der Waals surface area (Å²) in [5, 5.41) is 29.8. The van der Waals surface area contributed by atoms with Crippen molar-refractivity contribution < 1.29 is 28.6 Å². The second-order valence-corrected chi connectivity index (χ2v) is 21.1. The Morgan fingerprint density at radius 1 is 0.986 bits per heavy atom. The monoisotopic (exact) mass is 1030 g/mol. The Balaban J connectivity index is 0.844. The molecule has 0 unspecified atom stereocenters. The summed E-state index contributed by atoms with van der Waals surface area (Å²) in [5.74, 6) is 5.92. The molecule has 3 amide bonds. The number of ether oxygens (including phenoxy) is 1. The Bertz CT molecular complexity index is 3180. The molecular weight excluding hydrogens is 977 g/mol. The van der Waals surface area contributed by atoms with Crippen LogP contribution < -0.4 is 15.9 Å². The number of amides is 3. The van der Waals surface area contributed by atoms with Crippen molar-refractivity contribution in [2.24, 2.45) is 16.8 Å². The molecule has 5 atom stereocenters. The lowest BCUT2D eigenvalue weighted by Gasteiger charge is -2.33. The molecule has 0 spiro atoms. The average molecular weight is 1030 g/mol. The lowest BCUT2D eigenvalue weighted by molar-refractivity contribution is -0.148. The number of nitrogens with one attached hydrogen (secondary N) is 1. The van der Waals surface area contributed by atoms with Crippen LogP contribution in [0.15, 0.2) is 89.6 Å². The Labute approximate surface area is 429 Å². The highest BCUT2D eigenvalue weighted by atomic mass is 35.5. The molecule has 9 rings (SSSR count). The first-order valence-electron chi connectivity index (χ1n) is 23.6. The number of halogens is 2. The molecule has 72 heavy (non-hydrogen) atoms. The zero-order valence-electron chi connectivity index (χ0n) is 40.8. The smallest absolute Gasteiger partial charge is 0.259 e. The van der Waals surface area contributed by atoms with Gasteiger partial charge in [-0.2, -0.15) is 5.10 Å². The maximum Gasteiger partial charge on any atom is 0.259 e. The van der Waals surface area contributed by atoms with Crippen molar-refractivity contribution in [1.29, 1.82) is 0 Å². The number of aliphatic imine (C=N–C) groups is 1. The maximum atomic E-state index is 15.2. The molecular formula is C52H55ClFN11O5S2. The van der Waals surface area contributed by atoms with Crippen molar-refractivity contribution in [1.82, 2.24) is 44.8 Å². The van der Waals surface area contributed by atoms with Crippen LogP contribution in [0.4, 0.5) is 4.39 Å². The number of β-amino-alcohol motifs (C(OH)–C–C–N with tert-alkyl or cyclic N) is 1. The molecule has 16 nitrogen and oxygen atoms in total. The number of thiophene rings is 1. The van der Waals surface area contributed by atoms with Crippen LogP contribution in [0, 0.1) is 39.4 Å². The minimum atomic E-state index is -1.00. The normalized spacial score (nSPS) is 17.2. The van der Waals surface area contributed by atoms with Gasteiger partial charge in [0.1, 0.15) is 47.1 Å². The summed E-state index contributed by atoms with van der Waals surface area (Å²) >= 11 is 9.44.